The molecule has 1 rings (SSSR count). The van der Waals surface area contributed by atoms with E-state index in [0.717, 1.165) is 11.1 Å². The first-order valence-electron chi connectivity index (χ1n) is 6.96. The maximum absolute atomic E-state index is 12.0. The Morgan fingerprint density at radius 1 is 1.09 bits per heavy atom. The van der Waals surface area contributed by atoms with Gasteiger partial charge in [0, 0.05) is 6.54 Å². The summed E-state index contributed by atoms with van der Waals surface area (Å²) >= 11 is 0. The molecule has 0 saturated heterocycles. The van der Waals surface area contributed by atoms with Gasteiger partial charge in [-0.2, -0.15) is 13.2 Å². The Morgan fingerprint density at radius 2 is 1.61 bits per heavy atom. The van der Waals surface area contributed by atoms with Gasteiger partial charge in [-0.1, -0.05) is 29.8 Å². The van der Waals surface area contributed by atoms with E-state index in [-0.39, 0.29) is 12.6 Å². The smallest absolute Gasteiger partial charge is 0.346 e. The van der Waals surface area contributed by atoms with E-state index >= 15 is 0 Å². The Kier molecular flexibility index (Phi) is 6.56. The number of nitrogens with zero attached hydrogens (tertiary/aromatic N) is 1. The van der Waals surface area contributed by atoms with E-state index in [1.54, 1.807) is 14.1 Å². The zero-order valence-corrected chi connectivity index (χ0v) is 13.2. The SMILES string of the molecule is Cc1ccc([C@H](CNC(=O)C(=O)NCC(F)(F)F)N(C)C)cc1. The highest BCUT2D eigenvalue weighted by atomic mass is 19.4. The van der Waals surface area contributed by atoms with Crippen molar-refractivity contribution in [2.24, 2.45) is 0 Å². The molecule has 5 nitrogen and oxygen atoms in total. The van der Waals surface area contributed by atoms with Gasteiger partial charge in [0.1, 0.15) is 6.54 Å². The predicted molar refractivity (Wildman–Crippen MR) is 79.7 cm³/mol. The molecule has 1 atom stereocenters. The second-order valence-electron chi connectivity index (χ2n) is 5.40. The van der Waals surface area contributed by atoms with Crippen LogP contribution >= 0.6 is 0 Å². The first-order chi connectivity index (χ1) is 10.6. The topological polar surface area (TPSA) is 61.4 Å². The molecule has 2 amide bonds. The summed E-state index contributed by atoms with van der Waals surface area (Å²) in [5.41, 5.74) is 2.01. The van der Waals surface area contributed by atoms with Crippen LogP contribution in [0, 0.1) is 6.92 Å². The van der Waals surface area contributed by atoms with Crippen LogP contribution in [0.1, 0.15) is 17.2 Å². The predicted octanol–water partition coefficient (Wildman–Crippen LogP) is 1.39. The average molecular weight is 331 g/mol. The number of benzene rings is 1. The van der Waals surface area contributed by atoms with Gasteiger partial charge in [-0.25, -0.2) is 0 Å². The number of hydrogen-bond donors (Lipinski definition) is 2. The maximum Gasteiger partial charge on any atom is 0.405 e. The van der Waals surface area contributed by atoms with E-state index in [9.17, 15) is 22.8 Å². The molecule has 128 valence electrons. The number of nitrogens with one attached hydrogen (secondary N) is 2. The summed E-state index contributed by atoms with van der Waals surface area (Å²) in [6.45, 7) is 0.518. The van der Waals surface area contributed by atoms with Crippen LogP contribution in [0.2, 0.25) is 0 Å². The summed E-state index contributed by atoms with van der Waals surface area (Å²) in [6.07, 6.45) is -4.55. The summed E-state index contributed by atoms with van der Waals surface area (Å²) < 4.78 is 36.0. The molecule has 0 heterocycles. The summed E-state index contributed by atoms with van der Waals surface area (Å²) in [5, 5.41) is 3.89. The van der Waals surface area contributed by atoms with Crippen LogP contribution in [0.3, 0.4) is 0 Å². The third-order valence-electron chi connectivity index (χ3n) is 3.20. The van der Waals surface area contributed by atoms with Crippen LogP contribution in [0.5, 0.6) is 0 Å². The number of carbonyl (C=O) groups excluding carboxylic acids is 2. The van der Waals surface area contributed by atoms with E-state index in [2.05, 4.69) is 5.32 Å². The normalized spacial score (nSPS) is 12.8. The Labute approximate surface area is 132 Å². The largest absolute Gasteiger partial charge is 0.405 e. The fourth-order valence-corrected chi connectivity index (χ4v) is 1.92. The minimum absolute atomic E-state index is 0.105. The number of amides is 2. The number of alkyl halides is 3. The third kappa shape index (κ3) is 6.68. The lowest BCUT2D eigenvalue weighted by Gasteiger charge is -2.25. The molecule has 1 aromatic rings. The molecule has 0 aromatic heterocycles. The lowest BCUT2D eigenvalue weighted by atomic mass is 10.0. The Morgan fingerprint density at radius 3 is 2.09 bits per heavy atom. The van der Waals surface area contributed by atoms with Crippen molar-refractivity contribution < 1.29 is 22.8 Å². The average Bonchev–Trinajstić information content (AvgIpc) is 2.45. The standard InChI is InChI=1S/C15H20F3N3O2/c1-10-4-6-11(7-5-10)12(21(2)3)8-19-13(22)14(23)20-9-15(16,17)18/h4-7,12H,8-9H2,1-3H3,(H,19,22)(H,20,23)/t12-/m0/s1. The van der Waals surface area contributed by atoms with Gasteiger partial charge in [-0.15, -0.1) is 0 Å². The minimum atomic E-state index is -4.55. The van der Waals surface area contributed by atoms with Gasteiger partial charge in [0.15, 0.2) is 0 Å². The molecule has 23 heavy (non-hydrogen) atoms. The molecular weight excluding hydrogens is 311 g/mol. The first kappa shape index (κ1) is 19.0. The molecule has 2 N–H and O–H groups in total. The summed E-state index contributed by atoms with van der Waals surface area (Å²) in [4.78, 5) is 24.7. The molecular formula is C15H20F3N3O2. The third-order valence-corrected chi connectivity index (χ3v) is 3.20. The number of carbonyl (C=O) groups is 2. The second kappa shape index (κ2) is 7.96. The zero-order chi connectivity index (χ0) is 17.6. The molecule has 0 saturated carbocycles. The van der Waals surface area contributed by atoms with Crippen molar-refractivity contribution in [1.82, 2.24) is 15.5 Å². The lowest BCUT2D eigenvalue weighted by molar-refractivity contribution is -0.146. The van der Waals surface area contributed by atoms with Crippen molar-refractivity contribution in [3.05, 3.63) is 35.4 Å². The summed E-state index contributed by atoms with van der Waals surface area (Å²) in [5.74, 6) is -2.39. The van der Waals surface area contributed by atoms with E-state index in [4.69, 9.17) is 0 Å². The van der Waals surface area contributed by atoms with Gasteiger partial charge >= 0.3 is 18.0 Å². The Hall–Kier alpha value is -2.09. The highest BCUT2D eigenvalue weighted by Crippen LogP contribution is 2.17. The molecule has 0 bridgehead atoms. The van der Waals surface area contributed by atoms with E-state index in [1.165, 1.54) is 5.32 Å². The van der Waals surface area contributed by atoms with Crippen LogP contribution in [0.25, 0.3) is 0 Å². The molecule has 0 aliphatic carbocycles. The monoisotopic (exact) mass is 331 g/mol. The van der Waals surface area contributed by atoms with Gasteiger partial charge in [-0.3, -0.25) is 9.59 Å². The van der Waals surface area contributed by atoms with E-state index < -0.39 is 24.5 Å². The number of rotatable bonds is 5. The molecule has 0 fully saturated rings. The van der Waals surface area contributed by atoms with Crippen LogP contribution in [-0.2, 0) is 9.59 Å². The van der Waals surface area contributed by atoms with Gasteiger partial charge in [0.05, 0.1) is 6.04 Å². The zero-order valence-electron chi connectivity index (χ0n) is 13.2. The van der Waals surface area contributed by atoms with Crippen molar-refractivity contribution in [2.75, 3.05) is 27.2 Å². The molecule has 1 aromatic carbocycles. The van der Waals surface area contributed by atoms with Crippen LogP contribution in [-0.4, -0.2) is 50.1 Å². The Bertz CT molecular complexity index is 542. The number of hydrogen-bond acceptors (Lipinski definition) is 3. The summed E-state index contributed by atoms with van der Waals surface area (Å²) in [6, 6.07) is 7.44. The number of halogens is 3. The number of likely N-dealkylation sites (N-methyl/N-ethyl adjacent to an activating group) is 1. The fourth-order valence-electron chi connectivity index (χ4n) is 1.92. The van der Waals surface area contributed by atoms with Gasteiger partial charge in [0.25, 0.3) is 0 Å². The minimum Gasteiger partial charge on any atom is -0.346 e. The highest BCUT2D eigenvalue weighted by Gasteiger charge is 2.29. The lowest BCUT2D eigenvalue weighted by Crippen LogP contribution is -2.45. The first-order valence-corrected chi connectivity index (χ1v) is 6.96. The number of aryl methyl sites for hydroxylation is 1. The summed E-state index contributed by atoms with van der Waals surface area (Å²) in [7, 11) is 3.61. The van der Waals surface area contributed by atoms with Crippen molar-refractivity contribution in [1.29, 1.82) is 0 Å². The quantitative estimate of drug-likeness (QED) is 0.802. The highest BCUT2D eigenvalue weighted by molar-refractivity contribution is 6.35. The second-order valence-corrected chi connectivity index (χ2v) is 5.40. The van der Waals surface area contributed by atoms with Crippen molar-refractivity contribution in [2.45, 2.75) is 19.1 Å². The molecule has 0 aliphatic heterocycles. The molecule has 8 heteroatoms. The van der Waals surface area contributed by atoms with Crippen LogP contribution in [0.4, 0.5) is 13.2 Å². The van der Waals surface area contributed by atoms with Gasteiger partial charge < -0.3 is 15.5 Å². The van der Waals surface area contributed by atoms with E-state index in [1.807, 2.05) is 36.1 Å². The van der Waals surface area contributed by atoms with Crippen LogP contribution < -0.4 is 10.6 Å². The maximum atomic E-state index is 12.0. The van der Waals surface area contributed by atoms with Crippen molar-refractivity contribution in [3.63, 3.8) is 0 Å². The molecule has 0 unspecified atom stereocenters. The van der Waals surface area contributed by atoms with E-state index in [0.29, 0.717) is 0 Å². The van der Waals surface area contributed by atoms with Crippen molar-refractivity contribution in [3.8, 4) is 0 Å². The van der Waals surface area contributed by atoms with Gasteiger partial charge in [-0.05, 0) is 26.6 Å². The van der Waals surface area contributed by atoms with Crippen LogP contribution in [0.15, 0.2) is 24.3 Å². The molecule has 0 aliphatic rings. The molecule has 0 radical (unpaired) electrons. The van der Waals surface area contributed by atoms with Gasteiger partial charge in [0.2, 0.25) is 0 Å². The molecule has 0 spiro atoms. The fraction of sp³-hybridized carbons (Fsp3) is 0.467. The van der Waals surface area contributed by atoms with Crippen molar-refractivity contribution >= 4 is 11.8 Å². The Balaban J connectivity index is 2.60.